The summed E-state index contributed by atoms with van der Waals surface area (Å²) in [6.45, 7) is 0. The Kier molecular flexibility index (Phi) is 3.98. The first-order chi connectivity index (χ1) is 8.65. The van der Waals surface area contributed by atoms with Crippen molar-refractivity contribution >= 4 is 17.7 Å². The molecule has 98 valence electrons. The molecule has 0 aromatic heterocycles. The first-order valence-electron chi connectivity index (χ1n) is 5.48. The standard InChI is InChI=1S/C12H15NO4S/c1-16-9-4-3-7(5-10(9)17-2)8-6-18-11(13-8)12(14)15/h3-5,8,11,13H,6H2,1-2H3,(H,14,15)/t8-,11+/m0/s1. The van der Waals surface area contributed by atoms with E-state index < -0.39 is 11.3 Å². The molecule has 2 N–H and O–H groups in total. The number of carboxylic acids is 1. The Morgan fingerprint density at radius 3 is 2.67 bits per heavy atom. The van der Waals surface area contributed by atoms with E-state index in [9.17, 15) is 4.79 Å². The van der Waals surface area contributed by atoms with Gasteiger partial charge in [-0.3, -0.25) is 5.32 Å². The number of methoxy groups -OCH3 is 2. The molecular weight excluding hydrogens is 254 g/mol. The summed E-state index contributed by atoms with van der Waals surface area (Å²) in [5.74, 6) is 1.22. The van der Waals surface area contributed by atoms with Gasteiger partial charge in [-0.1, -0.05) is 6.07 Å². The number of hydrogen-bond acceptors (Lipinski definition) is 5. The molecule has 0 bridgehead atoms. The molecule has 0 amide bonds. The molecular formula is C12H15NO4S. The maximum absolute atomic E-state index is 10.9. The normalized spacial score (nSPS) is 22.8. The number of hydrogen-bond donors (Lipinski definition) is 2. The van der Waals surface area contributed by atoms with Gasteiger partial charge >= 0.3 is 5.97 Å². The van der Waals surface area contributed by atoms with E-state index in [0.717, 1.165) is 11.3 Å². The minimum Gasteiger partial charge on any atom is -0.493 e. The lowest BCUT2D eigenvalue weighted by atomic mass is 10.1. The molecule has 0 spiro atoms. The van der Waals surface area contributed by atoms with E-state index in [0.29, 0.717) is 11.5 Å². The van der Waals surface area contributed by atoms with E-state index in [2.05, 4.69) is 5.32 Å². The number of carbonyl (C=O) groups is 1. The van der Waals surface area contributed by atoms with Crippen molar-refractivity contribution in [3.63, 3.8) is 0 Å². The molecule has 5 nitrogen and oxygen atoms in total. The number of ether oxygens (including phenoxy) is 2. The van der Waals surface area contributed by atoms with Gasteiger partial charge in [-0.2, -0.15) is 0 Å². The van der Waals surface area contributed by atoms with Crippen LogP contribution < -0.4 is 14.8 Å². The van der Waals surface area contributed by atoms with E-state index in [1.807, 2.05) is 18.2 Å². The highest BCUT2D eigenvalue weighted by Gasteiger charge is 2.30. The second kappa shape index (κ2) is 5.49. The van der Waals surface area contributed by atoms with Gasteiger partial charge in [0.2, 0.25) is 0 Å². The summed E-state index contributed by atoms with van der Waals surface area (Å²) < 4.78 is 10.4. The monoisotopic (exact) mass is 269 g/mol. The fourth-order valence-corrected chi connectivity index (χ4v) is 2.95. The number of carboxylic acid groups (broad SMARTS) is 1. The second-order valence-electron chi connectivity index (χ2n) is 3.89. The molecule has 18 heavy (non-hydrogen) atoms. The maximum Gasteiger partial charge on any atom is 0.331 e. The van der Waals surface area contributed by atoms with Crippen molar-refractivity contribution in [2.45, 2.75) is 11.4 Å². The Morgan fingerprint density at radius 1 is 1.39 bits per heavy atom. The SMILES string of the molecule is COc1ccc([C@@H]2CS[C@H](C(=O)O)N2)cc1OC. The summed E-state index contributed by atoms with van der Waals surface area (Å²) in [6.07, 6.45) is 0. The van der Waals surface area contributed by atoms with E-state index in [4.69, 9.17) is 14.6 Å². The predicted molar refractivity (Wildman–Crippen MR) is 69.3 cm³/mol. The molecule has 1 heterocycles. The number of thioether (sulfide) groups is 1. The molecule has 0 saturated carbocycles. The third-order valence-corrected chi connectivity index (χ3v) is 4.01. The minimum absolute atomic E-state index is 0.0240. The van der Waals surface area contributed by atoms with Crippen molar-refractivity contribution < 1.29 is 19.4 Å². The summed E-state index contributed by atoms with van der Waals surface area (Å²) in [5, 5.41) is 11.5. The van der Waals surface area contributed by atoms with E-state index in [1.54, 1.807) is 14.2 Å². The molecule has 2 atom stereocenters. The average Bonchev–Trinajstić information content (AvgIpc) is 2.87. The van der Waals surface area contributed by atoms with Crippen LogP contribution in [0.15, 0.2) is 18.2 Å². The third-order valence-electron chi connectivity index (χ3n) is 2.82. The van der Waals surface area contributed by atoms with Crippen LogP contribution >= 0.6 is 11.8 Å². The Bertz CT molecular complexity index is 452. The number of benzene rings is 1. The predicted octanol–water partition coefficient (Wildman–Crippen LogP) is 1.49. The number of rotatable bonds is 4. The molecule has 1 aromatic carbocycles. The van der Waals surface area contributed by atoms with Crippen molar-refractivity contribution in [2.75, 3.05) is 20.0 Å². The van der Waals surface area contributed by atoms with Gasteiger partial charge in [-0.05, 0) is 17.7 Å². The zero-order valence-corrected chi connectivity index (χ0v) is 11.0. The van der Waals surface area contributed by atoms with Gasteiger partial charge in [0.25, 0.3) is 0 Å². The van der Waals surface area contributed by atoms with Gasteiger partial charge in [-0.25, -0.2) is 4.79 Å². The van der Waals surface area contributed by atoms with Crippen LogP contribution in [-0.2, 0) is 4.79 Å². The van der Waals surface area contributed by atoms with Gasteiger partial charge in [0.05, 0.1) is 14.2 Å². The first kappa shape index (κ1) is 13.0. The lowest BCUT2D eigenvalue weighted by Crippen LogP contribution is -2.30. The molecule has 0 aliphatic carbocycles. The largest absolute Gasteiger partial charge is 0.493 e. The lowest BCUT2D eigenvalue weighted by molar-refractivity contribution is -0.137. The average molecular weight is 269 g/mol. The summed E-state index contributed by atoms with van der Waals surface area (Å²) in [5.41, 5.74) is 1.00. The molecule has 1 fully saturated rings. The Morgan fingerprint density at radius 2 is 2.11 bits per heavy atom. The summed E-state index contributed by atoms with van der Waals surface area (Å²) in [6, 6.07) is 5.65. The highest BCUT2D eigenvalue weighted by molar-refractivity contribution is 8.00. The van der Waals surface area contributed by atoms with Crippen LogP contribution in [-0.4, -0.2) is 36.4 Å². The van der Waals surface area contributed by atoms with Crippen LogP contribution in [0.25, 0.3) is 0 Å². The van der Waals surface area contributed by atoms with Crippen LogP contribution in [0, 0.1) is 0 Å². The molecule has 1 aliphatic heterocycles. The molecule has 1 aliphatic rings. The van der Waals surface area contributed by atoms with Crippen molar-refractivity contribution in [1.82, 2.24) is 5.32 Å². The van der Waals surface area contributed by atoms with Crippen LogP contribution in [0.1, 0.15) is 11.6 Å². The van der Waals surface area contributed by atoms with Crippen LogP contribution in [0.4, 0.5) is 0 Å². The van der Waals surface area contributed by atoms with E-state index in [1.165, 1.54) is 11.8 Å². The van der Waals surface area contributed by atoms with Crippen molar-refractivity contribution in [1.29, 1.82) is 0 Å². The van der Waals surface area contributed by atoms with Gasteiger partial charge in [0.15, 0.2) is 16.9 Å². The first-order valence-corrected chi connectivity index (χ1v) is 6.53. The Balaban J connectivity index is 2.17. The fraction of sp³-hybridized carbons (Fsp3) is 0.417. The van der Waals surface area contributed by atoms with Gasteiger partial charge < -0.3 is 14.6 Å². The lowest BCUT2D eigenvalue weighted by Gasteiger charge is -2.14. The van der Waals surface area contributed by atoms with Crippen molar-refractivity contribution in [3.05, 3.63) is 23.8 Å². The van der Waals surface area contributed by atoms with Crippen LogP contribution in [0.5, 0.6) is 11.5 Å². The smallest absolute Gasteiger partial charge is 0.331 e. The van der Waals surface area contributed by atoms with E-state index in [-0.39, 0.29) is 6.04 Å². The fourth-order valence-electron chi connectivity index (χ4n) is 1.88. The summed E-state index contributed by atoms with van der Waals surface area (Å²) in [4.78, 5) is 10.9. The van der Waals surface area contributed by atoms with Gasteiger partial charge in [0.1, 0.15) is 0 Å². The molecule has 0 radical (unpaired) electrons. The quantitative estimate of drug-likeness (QED) is 0.863. The third kappa shape index (κ3) is 2.54. The summed E-state index contributed by atoms with van der Waals surface area (Å²) >= 11 is 1.39. The molecule has 0 unspecified atom stereocenters. The number of aliphatic carboxylic acids is 1. The molecule has 1 aromatic rings. The van der Waals surface area contributed by atoms with Crippen LogP contribution in [0.3, 0.4) is 0 Å². The second-order valence-corrected chi connectivity index (χ2v) is 5.02. The van der Waals surface area contributed by atoms with E-state index >= 15 is 0 Å². The molecule has 1 saturated heterocycles. The molecule has 2 rings (SSSR count). The van der Waals surface area contributed by atoms with Crippen molar-refractivity contribution in [3.8, 4) is 11.5 Å². The van der Waals surface area contributed by atoms with Gasteiger partial charge in [0, 0.05) is 11.8 Å². The topological polar surface area (TPSA) is 67.8 Å². The zero-order chi connectivity index (χ0) is 13.1. The number of nitrogens with one attached hydrogen (secondary N) is 1. The Labute approximate surface area is 109 Å². The zero-order valence-electron chi connectivity index (χ0n) is 10.2. The van der Waals surface area contributed by atoms with Gasteiger partial charge in [-0.15, -0.1) is 11.8 Å². The highest BCUT2D eigenvalue weighted by atomic mass is 32.2. The maximum atomic E-state index is 10.9. The van der Waals surface area contributed by atoms with Crippen molar-refractivity contribution in [2.24, 2.45) is 0 Å². The molecule has 6 heteroatoms. The minimum atomic E-state index is -0.831. The highest BCUT2D eigenvalue weighted by Crippen LogP contribution is 2.34. The summed E-state index contributed by atoms with van der Waals surface area (Å²) in [7, 11) is 3.17. The Hall–Kier alpha value is -1.40. The van der Waals surface area contributed by atoms with Crippen LogP contribution in [0.2, 0.25) is 0 Å².